The van der Waals surface area contributed by atoms with Crippen LogP contribution in [0.4, 0.5) is 5.69 Å². The zero-order valence-electron chi connectivity index (χ0n) is 22.6. The Bertz CT molecular complexity index is 1160. The minimum absolute atomic E-state index is 0.240. The molecule has 1 aliphatic carbocycles. The van der Waals surface area contributed by atoms with Gasteiger partial charge in [-0.15, -0.1) is 0 Å². The molecular weight excluding hydrogens is 476 g/mol. The molecule has 3 aromatic rings. The molecule has 2 heterocycles. The van der Waals surface area contributed by atoms with Crippen LogP contribution in [-0.4, -0.2) is 84.3 Å². The minimum atomic E-state index is 0.240. The quantitative estimate of drug-likeness (QED) is 0.403. The molecule has 0 atom stereocenters. The predicted molar refractivity (Wildman–Crippen MR) is 153 cm³/mol. The van der Waals surface area contributed by atoms with Crippen LogP contribution in [0.3, 0.4) is 0 Å². The van der Waals surface area contributed by atoms with Gasteiger partial charge in [-0.1, -0.05) is 18.2 Å². The normalized spacial score (nSPS) is 21.1. The highest BCUT2D eigenvalue weighted by Gasteiger charge is 2.30. The van der Waals surface area contributed by atoms with Crippen molar-refractivity contribution >= 4 is 22.5 Å². The Morgan fingerprint density at radius 2 is 1.71 bits per heavy atom. The molecule has 7 heteroatoms. The van der Waals surface area contributed by atoms with Crippen LogP contribution < -0.4 is 4.90 Å². The molecular formula is C31H42N4O3. The molecule has 0 bridgehead atoms. The summed E-state index contributed by atoms with van der Waals surface area (Å²) in [4.78, 5) is 23.9. The van der Waals surface area contributed by atoms with Crippen molar-refractivity contribution in [1.82, 2.24) is 14.8 Å². The van der Waals surface area contributed by atoms with E-state index in [2.05, 4.69) is 38.0 Å². The number of fused-ring (bicyclic) bond motifs is 1. The summed E-state index contributed by atoms with van der Waals surface area (Å²) in [6, 6.07) is 16.0. The van der Waals surface area contributed by atoms with Gasteiger partial charge < -0.3 is 29.5 Å². The molecule has 1 aromatic heterocycles. The fourth-order valence-electron chi connectivity index (χ4n) is 6.16. The van der Waals surface area contributed by atoms with Crippen LogP contribution >= 0.6 is 0 Å². The molecule has 1 saturated carbocycles. The summed E-state index contributed by atoms with van der Waals surface area (Å²) in [6.07, 6.45) is 9.08. The van der Waals surface area contributed by atoms with Crippen molar-refractivity contribution in [2.75, 3.05) is 51.3 Å². The van der Waals surface area contributed by atoms with Crippen LogP contribution in [0.5, 0.6) is 5.75 Å². The summed E-state index contributed by atoms with van der Waals surface area (Å²) in [7, 11) is 1.79. The van der Waals surface area contributed by atoms with Gasteiger partial charge in [-0.05, 0) is 81.0 Å². The Labute approximate surface area is 226 Å². The van der Waals surface area contributed by atoms with Crippen LogP contribution in [0.25, 0.3) is 10.9 Å². The molecule has 0 unspecified atom stereocenters. The highest BCUT2D eigenvalue weighted by molar-refractivity contribution is 5.94. The molecule has 1 aliphatic heterocycles. The van der Waals surface area contributed by atoms with E-state index >= 15 is 0 Å². The van der Waals surface area contributed by atoms with E-state index in [1.54, 1.807) is 13.2 Å². The number of benzene rings is 2. The van der Waals surface area contributed by atoms with Crippen LogP contribution in [0.15, 0.2) is 54.7 Å². The summed E-state index contributed by atoms with van der Waals surface area (Å²) in [5, 5.41) is 10.9. The number of aryl methyl sites for hydroxylation is 1. The third kappa shape index (κ3) is 6.57. The van der Waals surface area contributed by atoms with Crippen LogP contribution in [-0.2, 0) is 16.0 Å². The second-order valence-corrected chi connectivity index (χ2v) is 10.8. The fraction of sp³-hybridized carbons (Fsp3) is 0.516. The van der Waals surface area contributed by atoms with Crippen molar-refractivity contribution in [1.29, 1.82) is 0 Å². The number of hydrogen-bond donors (Lipinski definition) is 2. The molecule has 7 nitrogen and oxygen atoms in total. The van der Waals surface area contributed by atoms with Crippen LogP contribution in [0, 0.1) is 0 Å². The lowest BCUT2D eigenvalue weighted by atomic mass is 9.91. The number of amides is 1. The van der Waals surface area contributed by atoms with Crippen molar-refractivity contribution in [3.63, 3.8) is 0 Å². The Balaban J connectivity index is 1.07. The molecule has 0 spiro atoms. The minimum Gasteiger partial charge on any atom is -0.508 e. The van der Waals surface area contributed by atoms with Gasteiger partial charge in [0.05, 0.1) is 6.10 Å². The number of nitrogens with one attached hydrogen (secondary N) is 1. The SMILES string of the molecule is COC1CCC(N(C(=O)CCN2CCN(CCCc3c[nH]c4ccc(O)cc34)CC2)c2ccccc2)CC1. The summed E-state index contributed by atoms with van der Waals surface area (Å²) >= 11 is 0. The van der Waals surface area contributed by atoms with Crippen molar-refractivity contribution in [2.45, 2.75) is 57.1 Å². The first kappa shape index (κ1) is 26.7. The summed E-state index contributed by atoms with van der Waals surface area (Å²) in [6.45, 7) is 6.02. The lowest BCUT2D eigenvalue weighted by molar-refractivity contribution is -0.119. The number of carbonyl (C=O) groups is 1. The molecule has 2 N–H and O–H groups in total. The van der Waals surface area contributed by atoms with E-state index in [9.17, 15) is 9.90 Å². The number of aromatic amines is 1. The molecule has 1 amide bonds. The molecule has 2 aromatic carbocycles. The number of ether oxygens (including phenoxy) is 1. The lowest BCUT2D eigenvalue weighted by Crippen LogP contribution is -2.48. The molecule has 2 fully saturated rings. The fourth-order valence-corrected chi connectivity index (χ4v) is 6.16. The summed E-state index contributed by atoms with van der Waals surface area (Å²) in [5.74, 6) is 0.558. The van der Waals surface area contributed by atoms with Gasteiger partial charge in [-0.3, -0.25) is 4.79 Å². The molecule has 204 valence electrons. The number of para-hydroxylation sites is 1. The molecule has 38 heavy (non-hydrogen) atoms. The second-order valence-electron chi connectivity index (χ2n) is 10.8. The van der Waals surface area contributed by atoms with Gasteiger partial charge in [0.1, 0.15) is 5.75 Å². The zero-order chi connectivity index (χ0) is 26.3. The zero-order valence-corrected chi connectivity index (χ0v) is 22.6. The van der Waals surface area contributed by atoms with Gasteiger partial charge >= 0.3 is 0 Å². The van der Waals surface area contributed by atoms with E-state index in [0.717, 1.165) is 94.4 Å². The maximum Gasteiger partial charge on any atom is 0.228 e. The number of rotatable bonds is 10. The molecule has 1 saturated heterocycles. The smallest absolute Gasteiger partial charge is 0.228 e. The summed E-state index contributed by atoms with van der Waals surface area (Å²) in [5.41, 5.74) is 3.37. The molecule has 5 rings (SSSR count). The summed E-state index contributed by atoms with van der Waals surface area (Å²) < 4.78 is 5.56. The van der Waals surface area contributed by atoms with Crippen molar-refractivity contribution in [3.05, 3.63) is 60.3 Å². The highest BCUT2D eigenvalue weighted by Crippen LogP contribution is 2.29. The number of H-pyrrole nitrogens is 1. The standard InChI is InChI=1S/C31H42N4O3/c1-38-28-12-9-26(10-13-28)35(25-7-3-2-4-8-25)31(37)15-17-34-20-18-33(19-21-34)16-5-6-24-23-32-30-14-11-27(36)22-29(24)30/h2-4,7-8,11,14,22-23,26,28,32,36H,5-6,9-10,12-13,15-21H2,1H3. The molecule has 0 radical (unpaired) electrons. The molecule has 2 aliphatic rings. The first-order chi connectivity index (χ1) is 18.6. The van der Waals surface area contributed by atoms with E-state index in [-0.39, 0.29) is 11.9 Å². The Kier molecular flexibility index (Phi) is 8.99. The predicted octanol–water partition coefficient (Wildman–Crippen LogP) is 4.80. The first-order valence-electron chi connectivity index (χ1n) is 14.2. The number of piperazine rings is 1. The van der Waals surface area contributed by atoms with Crippen LogP contribution in [0.2, 0.25) is 0 Å². The number of nitrogens with zero attached hydrogens (tertiary/aromatic N) is 3. The Morgan fingerprint density at radius 3 is 2.42 bits per heavy atom. The van der Waals surface area contributed by atoms with Crippen LogP contribution in [0.1, 0.15) is 44.1 Å². The number of phenols is 1. The van der Waals surface area contributed by atoms with E-state index in [0.29, 0.717) is 18.3 Å². The van der Waals surface area contributed by atoms with Gasteiger partial charge in [0.25, 0.3) is 0 Å². The van der Waals surface area contributed by atoms with Gasteiger partial charge in [0, 0.05) is 75.1 Å². The maximum absolute atomic E-state index is 13.5. The average Bonchev–Trinajstić information content (AvgIpc) is 3.35. The number of carbonyl (C=O) groups excluding carboxylic acids is 1. The van der Waals surface area contributed by atoms with Gasteiger partial charge in [-0.2, -0.15) is 0 Å². The second kappa shape index (κ2) is 12.8. The van der Waals surface area contributed by atoms with Gasteiger partial charge in [0.2, 0.25) is 5.91 Å². The van der Waals surface area contributed by atoms with Gasteiger partial charge in [-0.25, -0.2) is 0 Å². The Morgan fingerprint density at radius 1 is 1.00 bits per heavy atom. The number of hydrogen-bond acceptors (Lipinski definition) is 5. The average molecular weight is 519 g/mol. The monoisotopic (exact) mass is 518 g/mol. The number of anilines is 1. The topological polar surface area (TPSA) is 72.0 Å². The first-order valence-corrected chi connectivity index (χ1v) is 14.2. The third-order valence-corrected chi connectivity index (χ3v) is 8.42. The van der Waals surface area contributed by atoms with Crippen molar-refractivity contribution in [3.8, 4) is 5.75 Å². The van der Waals surface area contributed by atoms with E-state index < -0.39 is 0 Å². The van der Waals surface area contributed by atoms with Gasteiger partial charge in [0.15, 0.2) is 0 Å². The van der Waals surface area contributed by atoms with Crippen molar-refractivity contribution < 1.29 is 14.6 Å². The van der Waals surface area contributed by atoms with E-state index in [4.69, 9.17) is 4.74 Å². The van der Waals surface area contributed by atoms with Crippen molar-refractivity contribution in [2.24, 2.45) is 0 Å². The largest absolute Gasteiger partial charge is 0.508 e. The number of aromatic nitrogens is 1. The highest BCUT2D eigenvalue weighted by atomic mass is 16.5. The Hall–Kier alpha value is -2.87. The number of aromatic hydroxyl groups is 1. The maximum atomic E-state index is 13.5. The van der Waals surface area contributed by atoms with E-state index in [1.165, 1.54) is 5.56 Å². The number of phenolic OH excluding ortho intramolecular Hbond substituents is 1. The third-order valence-electron chi connectivity index (χ3n) is 8.42. The van der Waals surface area contributed by atoms with E-state index in [1.807, 2.05) is 30.3 Å². The lowest BCUT2D eigenvalue weighted by Gasteiger charge is -2.38. The number of methoxy groups -OCH3 is 1.